The van der Waals surface area contributed by atoms with Crippen LogP contribution >= 0.6 is 23.2 Å². The van der Waals surface area contributed by atoms with E-state index in [-0.39, 0.29) is 39.0 Å². The van der Waals surface area contributed by atoms with Crippen molar-refractivity contribution >= 4 is 49.9 Å². The third-order valence-corrected chi connectivity index (χ3v) is 7.65. The van der Waals surface area contributed by atoms with E-state index in [4.69, 9.17) is 23.2 Å². The van der Waals surface area contributed by atoms with Crippen LogP contribution in [0, 0.1) is 0 Å². The molecule has 1 aromatic carbocycles. The van der Waals surface area contributed by atoms with Crippen LogP contribution in [0.15, 0.2) is 47.8 Å². The normalized spacial score (nSPS) is 12.6. The average Bonchev–Trinajstić information content (AvgIpc) is 3.35. The van der Waals surface area contributed by atoms with Gasteiger partial charge in [0.05, 0.1) is 17.0 Å². The van der Waals surface area contributed by atoms with Crippen molar-refractivity contribution in [2.24, 2.45) is 7.05 Å². The summed E-state index contributed by atoms with van der Waals surface area (Å²) >= 11 is 12.3. The van der Waals surface area contributed by atoms with Gasteiger partial charge in [-0.25, -0.2) is 27.9 Å². The van der Waals surface area contributed by atoms with Gasteiger partial charge in [0.1, 0.15) is 16.9 Å². The van der Waals surface area contributed by atoms with Crippen LogP contribution < -0.4 is 0 Å². The van der Waals surface area contributed by atoms with Gasteiger partial charge in [0, 0.05) is 35.1 Å². The van der Waals surface area contributed by atoms with Crippen LogP contribution in [0.2, 0.25) is 10.0 Å². The number of hydrogen-bond acceptors (Lipinski definition) is 6. The molecule has 0 atom stereocenters. The first kappa shape index (κ1) is 24.5. The quantitative estimate of drug-likeness (QED) is 0.292. The molecule has 0 N–H and O–H groups in total. The van der Waals surface area contributed by atoms with E-state index in [0.717, 1.165) is 6.07 Å². The molecule has 0 fully saturated rings. The average molecular weight is 555 g/mol. The zero-order valence-corrected chi connectivity index (χ0v) is 20.9. The van der Waals surface area contributed by atoms with Crippen LogP contribution in [0.3, 0.4) is 0 Å². The molecule has 0 aliphatic heterocycles. The molecule has 186 valence electrons. The first-order valence-corrected chi connectivity index (χ1v) is 12.8. The Morgan fingerprint density at radius 1 is 1.03 bits per heavy atom. The molecule has 0 unspecified atom stereocenters. The highest BCUT2D eigenvalue weighted by atomic mass is 35.5. The van der Waals surface area contributed by atoms with Gasteiger partial charge in [-0.1, -0.05) is 30.1 Å². The van der Waals surface area contributed by atoms with Crippen molar-refractivity contribution < 1.29 is 21.6 Å². The van der Waals surface area contributed by atoms with Gasteiger partial charge in [0.15, 0.2) is 26.2 Å². The molecule has 0 saturated carbocycles. The molecule has 0 radical (unpaired) electrons. The second-order valence-corrected chi connectivity index (χ2v) is 10.9. The van der Waals surface area contributed by atoms with Crippen molar-refractivity contribution in [3.8, 4) is 22.6 Å². The Kier molecular flexibility index (Phi) is 5.73. The van der Waals surface area contributed by atoms with Crippen molar-refractivity contribution in [2.75, 3.05) is 5.75 Å². The molecule has 0 spiro atoms. The molecule has 0 bridgehead atoms. The van der Waals surface area contributed by atoms with Crippen molar-refractivity contribution in [3.63, 3.8) is 0 Å². The molecule has 8 nitrogen and oxygen atoms in total. The standard InChI is InChI=1S/C22H15Cl2F3N6O2S/c1-3-36(34,35)21-17(20-30-15-8-12(22(25,26)27)10-29-18(15)32(20)2)19-28-5-4-16(33(19)31-21)11-6-13(23)9-14(24)7-11/h4-10H,3H2,1-2H3. The smallest absolute Gasteiger partial charge is 0.312 e. The van der Waals surface area contributed by atoms with Crippen LogP contribution in [0.1, 0.15) is 12.5 Å². The number of pyridine rings is 1. The fraction of sp³-hybridized carbons (Fsp3) is 0.182. The predicted octanol–water partition coefficient (Wildman–Crippen LogP) is 5.46. The lowest BCUT2D eigenvalue weighted by atomic mass is 10.1. The lowest BCUT2D eigenvalue weighted by Crippen LogP contribution is -2.07. The van der Waals surface area contributed by atoms with Crippen molar-refractivity contribution in [3.05, 3.63) is 58.3 Å². The second-order valence-electron chi connectivity index (χ2n) is 7.87. The summed E-state index contributed by atoms with van der Waals surface area (Å²) in [6, 6.07) is 7.29. The Balaban J connectivity index is 1.86. The van der Waals surface area contributed by atoms with Gasteiger partial charge < -0.3 is 4.57 Å². The number of rotatable bonds is 4. The Bertz CT molecular complexity index is 1760. The molecular weight excluding hydrogens is 540 g/mol. The minimum atomic E-state index is -4.62. The van der Waals surface area contributed by atoms with Crippen LogP contribution in [0.4, 0.5) is 13.2 Å². The van der Waals surface area contributed by atoms with Crippen molar-refractivity contribution in [2.45, 2.75) is 18.1 Å². The topological polar surface area (TPSA) is 95.0 Å². The number of nitrogens with zero attached hydrogens (tertiary/aromatic N) is 6. The Morgan fingerprint density at radius 3 is 2.36 bits per heavy atom. The summed E-state index contributed by atoms with van der Waals surface area (Å²) in [6.07, 6.45) is -2.46. The summed E-state index contributed by atoms with van der Waals surface area (Å²) in [7, 11) is -2.39. The van der Waals surface area contributed by atoms with Crippen LogP contribution in [-0.2, 0) is 23.1 Å². The largest absolute Gasteiger partial charge is 0.417 e. The summed E-state index contributed by atoms with van der Waals surface area (Å²) in [5.74, 6) is -0.226. The molecule has 0 aliphatic rings. The lowest BCUT2D eigenvalue weighted by Gasteiger charge is -2.06. The number of imidazole rings is 1. The maximum Gasteiger partial charge on any atom is 0.417 e. The summed E-state index contributed by atoms with van der Waals surface area (Å²) in [4.78, 5) is 12.6. The number of benzene rings is 1. The Morgan fingerprint density at radius 2 is 1.72 bits per heavy atom. The van der Waals surface area contributed by atoms with E-state index >= 15 is 0 Å². The molecule has 4 aromatic heterocycles. The van der Waals surface area contributed by atoms with Gasteiger partial charge in [-0.15, -0.1) is 0 Å². The van der Waals surface area contributed by atoms with E-state index < -0.39 is 21.6 Å². The van der Waals surface area contributed by atoms with Crippen LogP contribution in [0.5, 0.6) is 0 Å². The van der Waals surface area contributed by atoms with Gasteiger partial charge in [-0.05, 0) is 30.3 Å². The van der Waals surface area contributed by atoms with Gasteiger partial charge in [0.25, 0.3) is 0 Å². The minimum Gasteiger partial charge on any atom is -0.312 e. The summed E-state index contributed by atoms with van der Waals surface area (Å²) in [6.45, 7) is 1.46. The van der Waals surface area contributed by atoms with E-state index in [1.807, 2.05) is 0 Å². The summed E-state index contributed by atoms with van der Waals surface area (Å²) < 4.78 is 68.6. The van der Waals surface area contributed by atoms with E-state index in [1.165, 1.54) is 29.3 Å². The number of hydrogen-bond donors (Lipinski definition) is 0. The predicted molar refractivity (Wildman–Crippen MR) is 129 cm³/mol. The number of aryl methyl sites for hydroxylation is 1. The highest BCUT2D eigenvalue weighted by molar-refractivity contribution is 7.91. The molecule has 5 rings (SSSR count). The number of aromatic nitrogens is 6. The lowest BCUT2D eigenvalue weighted by molar-refractivity contribution is -0.137. The summed E-state index contributed by atoms with van der Waals surface area (Å²) in [5.41, 5.74) is 0.273. The maximum atomic E-state index is 13.2. The maximum absolute atomic E-state index is 13.2. The van der Waals surface area contributed by atoms with Gasteiger partial charge >= 0.3 is 6.18 Å². The molecule has 36 heavy (non-hydrogen) atoms. The Labute approximate surface area is 212 Å². The van der Waals surface area contributed by atoms with Crippen molar-refractivity contribution in [1.82, 2.24) is 29.1 Å². The van der Waals surface area contributed by atoms with E-state index in [2.05, 4.69) is 20.1 Å². The second kappa shape index (κ2) is 8.43. The number of halogens is 5. The number of fused-ring (bicyclic) bond motifs is 2. The first-order chi connectivity index (χ1) is 16.9. The SMILES string of the molecule is CCS(=O)(=O)c1nn2c(-c3cc(Cl)cc(Cl)c3)ccnc2c1-c1nc2cc(C(F)(F)F)cnc2n1C. The minimum absolute atomic E-state index is 0.0425. The third kappa shape index (κ3) is 3.98. The number of sulfone groups is 1. The van der Waals surface area contributed by atoms with Crippen molar-refractivity contribution in [1.29, 1.82) is 0 Å². The fourth-order valence-electron chi connectivity index (χ4n) is 3.85. The molecule has 4 heterocycles. The molecule has 0 aliphatic carbocycles. The zero-order valence-electron chi connectivity index (χ0n) is 18.5. The zero-order chi connectivity index (χ0) is 26.0. The molecule has 0 amide bonds. The van der Waals surface area contributed by atoms with Crippen LogP contribution in [-0.4, -0.2) is 43.3 Å². The first-order valence-electron chi connectivity index (χ1n) is 10.4. The molecule has 0 saturated heterocycles. The fourth-order valence-corrected chi connectivity index (χ4v) is 5.35. The van der Waals surface area contributed by atoms with Crippen LogP contribution in [0.25, 0.3) is 39.5 Å². The van der Waals surface area contributed by atoms with Gasteiger partial charge in [-0.3, -0.25) is 0 Å². The highest BCUT2D eigenvalue weighted by Crippen LogP contribution is 2.36. The van der Waals surface area contributed by atoms with E-state index in [0.29, 0.717) is 27.5 Å². The molecule has 5 aromatic rings. The summed E-state index contributed by atoms with van der Waals surface area (Å²) in [5, 5.41) is 4.77. The van der Waals surface area contributed by atoms with Gasteiger partial charge in [0.2, 0.25) is 0 Å². The molecular formula is C22H15Cl2F3N6O2S. The highest BCUT2D eigenvalue weighted by Gasteiger charge is 2.33. The Hall–Kier alpha value is -3.22. The third-order valence-electron chi connectivity index (χ3n) is 5.58. The van der Waals surface area contributed by atoms with E-state index in [9.17, 15) is 21.6 Å². The number of alkyl halides is 3. The van der Waals surface area contributed by atoms with Gasteiger partial charge in [-0.2, -0.15) is 18.3 Å². The van der Waals surface area contributed by atoms with E-state index in [1.54, 1.807) is 24.3 Å². The molecule has 14 heteroatoms. The monoisotopic (exact) mass is 554 g/mol.